The molecule has 1 fully saturated rings. The van der Waals surface area contributed by atoms with E-state index in [0.717, 1.165) is 13.0 Å². The lowest BCUT2D eigenvalue weighted by atomic mass is 9.64. The van der Waals surface area contributed by atoms with Crippen molar-refractivity contribution in [2.75, 3.05) is 24.7 Å². The number of hydrogen-bond acceptors (Lipinski definition) is 4. The summed E-state index contributed by atoms with van der Waals surface area (Å²) in [6.07, 6.45) is 1.98. The van der Waals surface area contributed by atoms with Crippen LogP contribution in [-0.4, -0.2) is 45.2 Å². The molecule has 0 saturated heterocycles. The van der Waals surface area contributed by atoms with E-state index < -0.39 is 9.84 Å². The van der Waals surface area contributed by atoms with Gasteiger partial charge in [0.1, 0.15) is 0 Å². The minimum absolute atomic E-state index is 0.102. The summed E-state index contributed by atoms with van der Waals surface area (Å²) in [7, 11) is -2.87. The smallest absolute Gasteiger partial charge is 0.151 e. The van der Waals surface area contributed by atoms with Crippen LogP contribution in [0.15, 0.2) is 0 Å². The van der Waals surface area contributed by atoms with Crippen LogP contribution in [0.4, 0.5) is 0 Å². The second kappa shape index (κ2) is 6.35. The predicted octanol–water partition coefficient (Wildman–Crippen LogP) is 1.60. The highest BCUT2D eigenvalue weighted by molar-refractivity contribution is 7.91. The van der Waals surface area contributed by atoms with Gasteiger partial charge in [0.05, 0.1) is 11.9 Å². The van der Waals surface area contributed by atoms with Gasteiger partial charge in [0, 0.05) is 30.4 Å². The maximum absolute atomic E-state index is 11.6. The summed E-state index contributed by atoms with van der Waals surface area (Å²) in [5.74, 6) is 0.539. The highest BCUT2D eigenvalue weighted by Gasteiger charge is 2.48. The Bertz CT molecular complexity index is 351. The Kier molecular flexibility index (Phi) is 5.62. The molecule has 2 unspecified atom stereocenters. The lowest BCUT2D eigenvalue weighted by Gasteiger charge is -2.52. The minimum Gasteiger partial charge on any atom is -0.378 e. The fourth-order valence-electron chi connectivity index (χ4n) is 2.52. The van der Waals surface area contributed by atoms with Gasteiger partial charge < -0.3 is 10.1 Å². The monoisotopic (exact) mass is 277 g/mol. The van der Waals surface area contributed by atoms with Gasteiger partial charge in [-0.1, -0.05) is 20.8 Å². The van der Waals surface area contributed by atoms with Crippen molar-refractivity contribution in [3.8, 4) is 0 Å². The van der Waals surface area contributed by atoms with Gasteiger partial charge in [0.15, 0.2) is 9.84 Å². The molecular weight excluding hydrogens is 250 g/mol. The summed E-state index contributed by atoms with van der Waals surface area (Å²) in [6, 6.07) is 0.367. The largest absolute Gasteiger partial charge is 0.378 e. The van der Waals surface area contributed by atoms with Crippen LogP contribution in [0.1, 0.15) is 40.5 Å². The minimum atomic E-state index is -2.87. The van der Waals surface area contributed by atoms with Crippen LogP contribution >= 0.6 is 0 Å². The van der Waals surface area contributed by atoms with Gasteiger partial charge >= 0.3 is 0 Å². The third-order valence-electron chi connectivity index (χ3n) is 3.86. The maximum Gasteiger partial charge on any atom is 0.151 e. The van der Waals surface area contributed by atoms with Crippen LogP contribution in [0.25, 0.3) is 0 Å². The molecular formula is C13H27NO3S. The Hall–Kier alpha value is -0.130. The summed E-state index contributed by atoms with van der Waals surface area (Å²) in [5, 5.41) is 3.35. The molecule has 1 rings (SSSR count). The lowest BCUT2D eigenvalue weighted by molar-refractivity contribution is -0.113. The quantitative estimate of drug-likeness (QED) is 0.732. The summed E-state index contributed by atoms with van der Waals surface area (Å²) in [5.41, 5.74) is 0.102. The summed E-state index contributed by atoms with van der Waals surface area (Å²) >= 11 is 0. The van der Waals surface area contributed by atoms with Gasteiger partial charge in [-0.05, 0) is 19.8 Å². The SMILES string of the molecule is CCCS(=O)(=O)CCNC1CC(OCC)C1(C)C. The molecule has 0 aromatic carbocycles. The van der Waals surface area contributed by atoms with Crippen LogP contribution in [-0.2, 0) is 14.6 Å². The molecule has 108 valence electrons. The molecule has 4 nitrogen and oxygen atoms in total. The van der Waals surface area contributed by atoms with Gasteiger partial charge in [-0.3, -0.25) is 0 Å². The molecule has 0 heterocycles. The topological polar surface area (TPSA) is 55.4 Å². The zero-order valence-corrected chi connectivity index (χ0v) is 12.8. The zero-order chi connectivity index (χ0) is 13.8. The molecule has 1 aliphatic rings. The van der Waals surface area contributed by atoms with E-state index in [1.54, 1.807) is 0 Å². The third-order valence-corrected chi connectivity index (χ3v) is 5.72. The van der Waals surface area contributed by atoms with Crippen molar-refractivity contribution >= 4 is 9.84 Å². The third kappa shape index (κ3) is 3.93. The average Bonchev–Trinajstić information content (AvgIpc) is 2.26. The Morgan fingerprint density at radius 1 is 1.28 bits per heavy atom. The van der Waals surface area contributed by atoms with Crippen molar-refractivity contribution in [2.45, 2.75) is 52.7 Å². The van der Waals surface area contributed by atoms with Crippen molar-refractivity contribution in [2.24, 2.45) is 5.41 Å². The molecule has 0 aromatic heterocycles. The molecule has 0 amide bonds. The van der Waals surface area contributed by atoms with Crippen LogP contribution < -0.4 is 5.32 Å². The Morgan fingerprint density at radius 2 is 1.94 bits per heavy atom. The number of sulfone groups is 1. The first-order valence-electron chi connectivity index (χ1n) is 6.89. The highest BCUT2D eigenvalue weighted by atomic mass is 32.2. The van der Waals surface area contributed by atoms with Gasteiger partial charge in [0.2, 0.25) is 0 Å². The highest BCUT2D eigenvalue weighted by Crippen LogP contribution is 2.42. The van der Waals surface area contributed by atoms with Crippen molar-refractivity contribution in [3.63, 3.8) is 0 Å². The molecule has 0 bridgehead atoms. The van der Waals surface area contributed by atoms with E-state index in [9.17, 15) is 8.42 Å². The molecule has 1 saturated carbocycles. The Morgan fingerprint density at radius 3 is 2.44 bits per heavy atom. The summed E-state index contributed by atoms with van der Waals surface area (Å²) < 4.78 is 28.8. The number of hydrogen-bond donors (Lipinski definition) is 1. The number of rotatable bonds is 8. The second-order valence-corrected chi connectivity index (χ2v) is 7.96. The number of ether oxygens (including phenoxy) is 1. The normalized spacial score (nSPS) is 26.9. The fraction of sp³-hybridized carbons (Fsp3) is 1.00. The predicted molar refractivity (Wildman–Crippen MR) is 74.5 cm³/mol. The van der Waals surface area contributed by atoms with Crippen LogP contribution in [0.2, 0.25) is 0 Å². The van der Waals surface area contributed by atoms with Crippen molar-refractivity contribution < 1.29 is 13.2 Å². The first-order valence-corrected chi connectivity index (χ1v) is 8.71. The van der Waals surface area contributed by atoms with Crippen molar-refractivity contribution in [1.29, 1.82) is 0 Å². The van der Waals surface area contributed by atoms with E-state index in [-0.39, 0.29) is 11.2 Å². The van der Waals surface area contributed by atoms with Crippen molar-refractivity contribution in [3.05, 3.63) is 0 Å². The molecule has 2 atom stereocenters. The molecule has 0 spiro atoms. The van der Waals surface area contributed by atoms with Gasteiger partial charge in [-0.25, -0.2) is 8.42 Å². The standard InChI is InChI=1S/C13H27NO3S/c1-5-8-18(15,16)9-7-14-11-10-12(17-6-2)13(11,3)4/h11-12,14H,5-10H2,1-4H3. The lowest BCUT2D eigenvalue weighted by Crippen LogP contribution is -2.61. The molecule has 5 heteroatoms. The van der Waals surface area contributed by atoms with Crippen LogP contribution in [0.5, 0.6) is 0 Å². The first-order chi connectivity index (χ1) is 8.33. The van der Waals surface area contributed by atoms with E-state index in [1.165, 1.54) is 0 Å². The van der Waals surface area contributed by atoms with E-state index >= 15 is 0 Å². The molecule has 1 aliphatic carbocycles. The van der Waals surface area contributed by atoms with Gasteiger partial charge in [0.25, 0.3) is 0 Å². The van der Waals surface area contributed by atoms with E-state index in [4.69, 9.17) is 4.74 Å². The van der Waals surface area contributed by atoms with Crippen molar-refractivity contribution in [1.82, 2.24) is 5.32 Å². The zero-order valence-electron chi connectivity index (χ0n) is 12.0. The molecule has 0 aromatic rings. The van der Waals surface area contributed by atoms with Gasteiger partial charge in [-0.2, -0.15) is 0 Å². The summed E-state index contributed by atoms with van der Waals surface area (Å²) in [4.78, 5) is 0. The van der Waals surface area contributed by atoms with E-state index in [2.05, 4.69) is 19.2 Å². The van der Waals surface area contributed by atoms with Crippen LogP contribution in [0.3, 0.4) is 0 Å². The molecule has 18 heavy (non-hydrogen) atoms. The Labute approximate surface area is 111 Å². The molecule has 0 aliphatic heterocycles. The second-order valence-electron chi connectivity index (χ2n) is 5.66. The molecule has 0 radical (unpaired) electrons. The average molecular weight is 277 g/mol. The number of nitrogens with one attached hydrogen (secondary N) is 1. The first kappa shape index (κ1) is 15.9. The fourth-order valence-corrected chi connectivity index (χ4v) is 3.77. The van der Waals surface area contributed by atoms with E-state index in [0.29, 0.717) is 30.9 Å². The van der Waals surface area contributed by atoms with E-state index in [1.807, 2.05) is 13.8 Å². The Balaban J connectivity index is 2.30. The van der Waals surface area contributed by atoms with Crippen LogP contribution in [0, 0.1) is 5.41 Å². The molecule has 1 N–H and O–H groups in total. The van der Waals surface area contributed by atoms with Gasteiger partial charge in [-0.15, -0.1) is 0 Å². The maximum atomic E-state index is 11.6. The summed E-state index contributed by atoms with van der Waals surface area (Å²) in [6.45, 7) is 9.55.